The third-order valence-electron chi connectivity index (χ3n) is 5.80. The van der Waals surface area contributed by atoms with E-state index in [0.29, 0.717) is 5.92 Å². The van der Waals surface area contributed by atoms with E-state index in [0.717, 1.165) is 48.4 Å². The maximum absolute atomic E-state index is 12.6. The quantitative estimate of drug-likeness (QED) is 0.622. The van der Waals surface area contributed by atoms with Gasteiger partial charge in [-0.3, -0.25) is 4.79 Å². The Morgan fingerprint density at radius 1 is 1.07 bits per heavy atom. The molecule has 0 aliphatic carbocycles. The number of aromatic amines is 1. The predicted molar refractivity (Wildman–Crippen MR) is 119 cm³/mol. The van der Waals surface area contributed by atoms with Gasteiger partial charge in [-0.05, 0) is 47.6 Å². The van der Waals surface area contributed by atoms with Crippen LogP contribution in [0.4, 0.5) is 0 Å². The zero-order chi connectivity index (χ0) is 20.4. The van der Waals surface area contributed by atoms with Crippen LogP contribution in [0.2, 0.25) is 0 Å². The van der Waals surface area contributed by atoms with E-state index in [9.17, 15) is 4.79 Å². The number of hydrogen-bond donors (Lipinski definition) is 1. The molecular weight excluding hydrogens is 358 g/mol. The van der Waals surface area contributed by atoms with Gasteiger partial charge in [-0.1, -0.05) is 57.2 Å². The molecule has 3 aromatic rings. The number of carbonyl (C=O) groups excluding carboxylic acids is 1. The number of benzene rings is 2. The van der Waals surface area contributed by atoms with Crippen LogP contribution < -0.4 is 0 Å². The molecule has 1 amide bonds. The number of rotatable bonds is 3. The largest absolute Gasteiger partial charge is 0.342 e. The summed E-state index contributed by atoms with van der Waals surface area (Å²) in [4.78, 5) is 22.7. The van der Waals surface area contributed by atoms with Crippen LogP contribution in [0.5, 0.6) is 0 Å². The summed E-state index contributed by atoms with van der Waals surface area (Å²) in [5.41, 5.74) is 4.60. The van der Waals surface area contributed by atoms with Gasteiger partial charge in [0, 0.05) is 25.1 Å². The van der Waals surface area contributed by atoms with Crippen LogP contribution in [-0.2, 0) is 10.2 Å². The number of H-pyrrole nitrogens is 1. The van der Waals surface area contributed by atoms with Gasteiger partial charge in [0.2, 0.25) is 5.91 Å². The van der Waals surface area contributed by atoms with Gasteiger partial charge in [0.05, 0.1) is 11.0 Å². The molecular formula is C25H29N3O. The van der Waals surface area contributed by atoms with Crippen molar-refractivity contribution >= 4 is 23.0 Å². The first-order valence-electron chi connectivity index (χ1n) is 10.4. The van der Waals surface area contributed by atoms with Crippen molar-refractivity contribution in [3.8, 4) is 0 Å². The number of nitrogens with zero attached hydrogens (tertiary/aromatic N) is 2. The second-order valence-corrected chi connectivity index (χ2v) is 8.94. The summed E-state index contributed by atoms with van der Waals surface area (Å²) in [6, 6.07) is 16.6. The first kappa shape index (κ1) is 19.4. The van der Waals surface area contributed by atoms with Crippen molar-refractivity contribution < 1.29 is 4.79 Å². The molecule has 29 heavy (non-hydrogen) atoms. The molecule has 0 radical (unpaired) electrons. The molecule has 1 aliphatic rings. The van der Waals surface area contributed by atoms with Gasteiger partial charge in [0.1, 0.15) is 5.82 Å². The second kappa shape index (κ2) is 7.86. The van der Waals surface area contributed by atoms with E-state index < -0.39 is 0 Å². The van der Waals surface area contributed by atoms with Crippen LogP contribution in [0.15, 0.2) is 54.6 Å². The minimum Gasteiger partial charge on any atom is -0.342 e. The highest BCUT2D eigenvalue weighted by atomic mass is 16.2. The summed E-state index contributed by atoms with van der Waals surface area (Å²) >= 11 is 0. The highest BCUT2D eigenvalue weighted by molar-refractivity contribution is 5.91. The molecule has 1 aliphatic heterocycles. The van der Waals surface area contributed by atoms with Crippen molar-refractivity contribution in [1.82, 2.24) is 14.9 Å². The highest BCUT2D eigenvalue weighted by Gasteiger charge is 2.24. The molecule has 150 valence electrons. The molecule has 1 aromatic heterocycles. The topological polar surface area (TPSA) is 49.0 Å². The normalized spacial score (nSPS) is 16.0. The molecule has 1 fully saturated rings. The third-order valence-corrected chi connectivity index (χ3v) is 5.80. The number of fused-ring (bicyclic) bond motifs is 1. The average molecular weight is 388 g/mol. The molecule has 2 aromatic carbocycles. The first-order valence-corrected chi connectivity index (χ1v) is 10.4. The van der Waals surface area contributed by atoms with E-state index in [4.69, 9.17) is 4.98 Å². The number of imidazole rings is 1. The van der Waals surface area contributed by atoms with Crippen LogP contribution in [0.3, 0.4) is 0 Å². The van der Waals surface area contributed by atoms with Gasteiger partial charge >= 0.3 is 0 Å². The number of carbonyl (C=O) groups is 1. The highest BCUT2D eigenvalue weighted by Crippen LogP contribution is 2.28. The second-order valence-electron chi connectivity index (χ2n) is 8.94. The summed E-state index contributed by atoms with van der Waals surface area (Å²) in [6.07, 6.45) is 5.51. The molecule has 1 N–H and O–H groups in total. The fourth-order valence-electron chi connectivity index (χ4n) is 3.91. The molecule has 4 heteroatoms. The Kier molecular flexibility index (Phi) is 5.27. The van der Waals surface area contributed by atoms with Gasteiger partial charge in [-0.2, -0.15) is 0 Å². The Labute approximate surface area is 172 Å². The monoisotopic (exact) mass is 387 g/mol. The van der Waals surface area contributed by atoms with Crippen molar-refractivity contribution in [2.24, 2.45) is 0 Å². The Morgan fingerprint density at radius 3 is 2.41 bits per heavy atom. The Hall–Kier alpha value is -2.88. The third kappa shape index (κ3) is 4.42. The van der Waals surface area contributed by atoms with E-state index in [1.165, 1.54) is 5.56 Å². The van der Waals surface area contributed by atoms with Gasteiger partial charge in [-0.15, -0.1) is 0 Å². The van der Waals surface area contributed by atoms with Crippen LogP contribution in [0.1, 0.15) is 56.5 Å². The maximum atomic E-state index is 12.6. The number of nitrogens with one attached hydrogen (secondary N) is 1. The van der Waals surface area contributed by atoms with Crippen LogP contribution in [0.25, 0.3) is 17.1 Å². The Balaban J connectivity index is 1.34. The minimum atomic E-state index is 0.0907. The van der Waals surface area contributed by atoms with Crippen molar-refractivity contribution in [2.45, 2.75) is 44.9 Å². The van der Waals surface area contributed by atoms with Crippen molar-refractivity contribution in [1.29, 1.82) is 0 Å². The zero-order valence-corrected chi connectivity index (χ0v) is 17.5. The van der Waals surface area contributed by atoms with Crippen molar-refractivity contribution in [3.63, 3.8) is 0 Å². The standard InChI is InChI=1S/C25H29N3O/c1-25(2,3)20-11-8-18(9-12-20)10-13-23(29)28-16-14-19(15-17-28)24-26-21-6-4-5-7-22(21)27-24/h4-13,19H,14-17H2,1-3H3,(H,26,27)/b13-10+. The number of para-hydroxylation sites is 2. The van der Waals surface area contributed by atoms with Gasteiger partial charge in [0.25, 0.3) is 0 Å². The van der Waals surface area contributed by atoms with Crippen LogP contribution in [-0.4, -0.2) is 33.9 Å². The summed E-state index contributed by atoms with van der Waals surface area (Å²) in [5.74, 6) is 1.53. The van der Waals surface area contributed by atoms with E-state index in [-0.39, 0.29) is 11.3 Å². The van der Waals surface area contributed by atoms with Gasteiger partial charge in [-0.25, -0.2) is 4.98 Å². The van der Waals surface area contributed by atoms with E-state index in [2.05, 4.69) is 56.1 Å². The van der Waals surface area contributed by atoms with E-state index >= 15 is 0 Å². The lowest BCUT2D eigenvalue weighted by atomic mass is 9.87. The summed E-state index contributed by atoms with van der Waals surface area (Å²) < 4.78 is 0. The zero-order valence-electron chi connectivity index (χ0n) is 17.5. The SMILES string of the molecule is CC(C)(C)c1ccc(/C=C/C(=O)N2CCC(c3nc4ccccc4[nH]3)CC2)cc1. The fourth-order valence-corrected chi connectivity index (χ4v) is 3.91. The fraction of sp³-hybridized carbons (Fsp3) is 0.360. The summed E-state index contributed by atoms with van der Waals surface area (Å²) in [6.45, 7) is 8.16. The molecule has 0 unspecified atom stereocenters. The number of aromatic nitrogens is 2. The molecule has 1 saturated heterocycles. The van der Waals surface area contributed by atoms with Crippen LogP contribution in [0, 0.1) is 0 Å². The lowest BCUT2D eigenvalue weighted by Crippen LogP contribution is -2.37. The van der Waals surface area contributed by atoms with Gasteiger partial charge in [0.15, 0.2) is 0 Å². The molecule has 0 atom stereocenters. The minimum absolute atomic E-state index is 0.0907. The lowest BCUT2D eigenvalue weighted by Gasteiger charge is -2.30. The summed E-state index contributed by atoms with van der Waals surface area (Å²) in [7, 11) is 0. The number of piperidine rings is 1. The van der Waals surface area contributed by atoms with E-state index in [1.54, 1.807) is 6.08 Å². The molecule has 0 spiro atoms. The van der Waals surface area contributed by atoms with E-state index in [1.807, 2.05) is 29.2 Å². The molecule has 4 rings (SSSR count). The maximum Gasteiger partial charge on any atom is 0.246 e. The average Bonchev–Trinajstić information content (AvgIpc) is 3.16. The van der Waals surface area contributed by atoms with Gasteiger partial charge < -0.3 is 9.88 Å². The number of likely N-dealkylation sites (tertiary alicyclic amines) is 1. The molecule has 4 nitrogen and oxygen atoms in total. The molecule has 0 saturated carbocycles. The number of amides is 1. The molecule has 2 heterocycles. The number of hydrogen-bond acceptors (Lipinski definition) is 2. The molecule has 0 bridgehead atoms. The smallest absolute Gasteiger partial charge is 0.246 e. The predicted octanol–water partition coefficient (Wildman–Crippen LogP) is 5.28. The lowest BCUT2D eigenvalue weighted by molar-refractivity contribution is -0.127. The Bertz CT molecular complexity index is 983. The van der Waals surface area contributed by atoms with Crippen molar-refractivity contribution in [2.75, 3.05) is 13.1 Å². The summed E-state index contributed by atoms with van der Waals surface area (Å²) in [5, 5.41) is 0. The van der Waals surface area contributed by atoms with Crippen molar-refractivity contribution in [3.05, 3.63) is 71.6 Å². The Morgan fingerprint density at radius 2 is 1.76 bits per heavy atom. The van der Waals surface area contributed by atoms with Crippen LogP contribution >= 0.6 is 0 Å². The first-order chi connectivity index (χ1) is 13.9.